The number of hydrogen-bond donors (Lipinski definition) is 2. The summed E-state index contributed by atoms with van der Waals surface area (Å²) < 4.78 is 13.2. The van der Waals surface area contributed by atoms with Crippen molar-refractivity contribution in [2.75, 3.05) is 11.1 Å². The molecule has 0 spiro atoms. The smallest absolute Gasteiger partial charge is 0.255 e. The van der Waals surface area contributed by atoms with Gasteiger partial charge >= 0.3 is 0 Å². The predicted molar refractivity (Wildman–Crippen MR) is 125 cm³/mol. The van der Waals surface area contributed by atoms with Gasteiger partial charge in [-0.1, -0.05) is 36.4 Å². The van der Waals surface area contributed by atoms with Crippen molar-refractivity contribution in [1.82, 2.24) is 4.98 Å². The number of pyridine rings is 1. The molecule has 1 aliphatic carbocycles. The van der Waals surface area contributed by atoms with Gasteiger partial charge in [-0.3, -0.25) is 9.78 Å². The van der Waals surface area contributed by atoms with Gasteiger partial charge in [-0.15, -0.1) is 0 Å². The van der Waals surface area contributed by atoms with E-state index in [1.54, 1.807) is 24.3 Å². The van der Waals surface area contributed by atoms with Gasteiger partial charge in [0.2, 0.25) is 0 Å². The fourth-order valence-corrected chi connectivity index (χ4v) is 4.09. The van der Waals surface area contributed by atoms with Crippen LogP contribution in [0.3, 0.4) is 0 Å². The monoisotopic (exact) mass is 423 g/mol. The molecule has 0 aliphatic heterocycles. The molecule has 0 atom stereocenters. The molecule has 3 N–H and O–H groups in total. The van der Waals surface area contributed by atoms with E-state index in [9.17, 15) is 9.18 Å². The molecule has 4 aromatic rings. The van der Waals surface area contributed by atoms with Crippen LogP contribution in [0.4, 0.5) is 15.8 Å². The zero-order chi connectivity index (χ0) is 22.1. The van der Waals surface area contributed by atoms with Crippen LogP contribution < -0.4 is 11.1 Å². The van der Waals surface area contributed by atoms with Crippen LogP contribution in [0.25, 0.3) is 11.1 Å². The van der Waals surface area contributed by atoms with E-state index in [0.29, 0.717) is 16.9 Å². The van der Waals surface area contributed by atoms with E-state index in [1.165, 1.54) is 17.7 Å². The number of rotatable bonds is 5. The third-order valence-corrected chi connectivity index (χ3v) is 6.08. The lowest BCUT2D eigenvalue weighted by atomic mass is 9.91. The Morgan fingerprint density at radius 1 is 0.906 bits per heavy atom. The number of hydrogen-bond acceptors (Lipinski definition) is 3. The first-order valence-electron chi connectivity index (χ1n) is 10.5. The maximum absolute atomic E-state index is 13.2. The van der Waals surface area contributed by atoms with Crippen LogP contribution in [0, 0.1) is 5.82 Å². The van der Waals surface area contributed by atoms with Crippen molar-refractivity contribution in [2.45, 2.75) is 18.3 Å². The number of anilines is 2. The number of amides is 1. The number of nitrogens with one attached hydrogen (secondary N) is 1. The van der Waals surface area contributed by atoms with E-state index in [1.807, 2.05) is 48.7 Å². The Morgan fingerprint density at radius 2 is 1.62 bits per heavy atom. The number of benzene rings is 3. The summed E-state index contributed by atoms with van der Waals surface area (Å²) in [4.78, 5) is 17.4. The van der Waals surface area contributed by atoms with Crippen molar-refractivity contribution < 1.29 is 9.18 Å². The first-order chi connectivity index (χ1) is 15.5. The molecule has 5 heteroatoms. The highest BCUT2D eigenvalue weighted by molar-refractivity contribution is 6.06. The minimum Gasteiger partial charge on any atom is -0.397 e. The Balaban J connectivity index is 1.35. The Kier molecular flexibility index (Phi) is 4.94. The van der Waals surface area contributed by atoms with Gasteiger partial charge in [-0.25, -0.2) is 4.39 Å². The van der Waals surface area contributed by atoms with Gasteiger partial charge in [0.1, 0.15) is 5.82 Å². The van der Waals surface area contributed by atoms with Crippen molar-refractivity contribution in [3.63, 3.8) is 0 Å². The number of nitrogens with two attached hydrogens (primary N) is 1. The highest BCUT2D eigenvalue weighted by atomic mass is 19.1. The van der Waals surface area contributed by atoms with Gasteiger partial charge in [0.05, 0.1) is 17.1 Å². The van der Waals surface area contributed by atoms with Gasteiger partial charge in [-0.2, -0.15) is 0 Å². The van der Waals surface area contributed by atoms with Crippen LogP contribution in [0.2, 0.25) is 0 Å². The van der Waals surface area contributed by atoms with E-state index in [0.717, 1.165) is 29.7 Å². The van der Waals surface area contributed by atoms with Gasteiger partial charge in [0.15, 0.2) is 0 Å². The summed E-state index contributed by atoms with van der Waals surface area (Å²) in [5, 5.41) is 2.90. The molecule has 5 rings (SSSR count). The molecule has 1 aliphatic rings. The number of nitrogens with zero attached hydrogens (tertiary/aromatic N) is 1. The van der Waals surface area contributed by atoms with E-state index >= 15 is 0 Å². The average molecular weight is 423 g/mol. The third-order valence-electron chi connectivity index (χ3n) is 6.08. The molecule has 0 unspecified atom stereocenters. The highest BCUT2D eigenvalue weighted by Gasteiger charge is 2.46. The molecule has 1 aromatic heterocycles. The number of aromatic nitrogens is 1. The summed E-state index contributed by atoms with van der Waals surface area (Å²) in [6, 6.07) is 25.3. The van der Waals surface area contributed by atoms with Gasteiger partial charge < -0.3 is 11.1 Å². The number of carbonyl (C=O) groups excluding carboxylic acids is 1. The van der Waals surface area contributed by atoms with Crippen molar-refractivity contribution in [2.24, 2.45) is 0 Å². The van der Waals surface area contributed by atoms with Crippen molar-refractivity contribution in [1.29, 1.82) is 0 Å². The standard InChI is InChI=1S/C27H22FN3O/c28-22-11-6-18(7-12-22)20-8-13-23(29)24(17-20)31-26(32)19-4-9-21(10-5-19)27(14-15-27)25-3-1-2-16-30-25/h1-13,16-17H,14-15,29H2,(H,31,32). The normalized spacial score (nSPS) is 14.0. The number of halogens is 1. The second kappa shape index (κ2) is 7.93. The molecule has 0 saturated heterocycles. The quantitative estimate of drug-likeness (QED) is 0.399. The van der Waals surface area contributed by atoms with Crippen molar-refractivity contribution in [3.05, 3.63) is 114 Å². The topological polar surface area (TPSA) is 68.0 Å². The summed E-state index contributed by atoms with van der Waals surface area (Å²) >= 11 is 0. The molecular formula is C27H22FN3O. The first-order valence-corrected chi connectivity index (χ1v) is 10.5. The fourth-order valence-electron chi connectivity index (χ4n) is 4.09. The Hall–Kier alpha value is -3.99. The summed E-state index contributed by atoms with van der Waals surface area (Å²) in [5.74, 6) is -0.528. The summed E-state index contributed by atoms with van der Waals surface area (Å²) in [5.41, 5.74) is 11.5. The number of carbonyl (C=O) groups is 1. The summed E-state index contributed by atoms with van der Waals surface area (Å²) in [6.45, 7) is 0. The molecule has 32 heavy (non-hydrogen) atoms. The molecule has 0 bridgehead atoms. The third kappa shape index (κ3) is 3.73. The molecule has 4 nitrogen and oxygen atoms in total. The van der Waals surface area contributed by atoms with Crippen molar-refractivity contribution >= 4 is 17.3 Å². The molecule has 1 amide bonds. The van der Waals surface area contributed by atoms with Crippen molar-refractivity contribution in [3.8, 4) is 11.1 Å². The fraction of sp³-hybridized carbons (Fsp3) is 0.111. The number of nitrogen functional groups attached to an aromatic ring is 1. The second-order valence-corrected chi connectivity index (χ2v) is 8.14. The lowest BCUT2D eigenvalue weighted by Crippen LogP contribution is -2.14. The van der Waals surface area contributed by atoms with Gasteiger partial charge in [0, 0.05) is 17.2 Å². The summed E-state index contributed by atoms with van der Waals surface area (Å²) in [6.07, 6.45) is 3.94. The van der Waals surface area contributed by atoms with Gasteiger partial charge in [-0.05, 0) is 78.1 Å². The Labute approximate surface area is 185 Å². The molecule has 1 fully saturated rings. The Bertz CT molecular complexity index is 1260. The lowest BCUT2D eigenvalue weighted by molar-refractivity contribution is 0.102. The van der Waals surface area contributed by atoms with E-state index in [4.69, 9.17) is 5.73 Å². The van der Waals surface area contributed by atoms with Crippen LogP contribution in [-0.2, 0) is 5.41 Å². The molecule has 3 aromatic carbocycles. The maximum Gasteiger partial charge on any atom is 0.255 e. The van der Waals surface area contributed by atoms with E-state index in [-0.39, 0.29) is 17.1 Å². The Morgan fingerprint density at radius 3 is 2.28 bits per heavy atom. The lowest BCUT2D eigenvalue weighted by Gasteiger charge is -2.16. The molecular weight excluding hydrogens is 401 g/mol. The minimum absolute atomic E-state index is 0.0375. The largest absolute Gasteiger partial charge is 0.397 e. The molecule has 1 saturated carbocycles. The maximum atomic E-state index is 13.2. The SMILES string of the molecule is Nc1ccc(-c2ccc(F)cc2)cc1NC(=O)c1ccc(C2(c3ccccn3)CC2)cc1. The summed E-state index contributed by atoms with van der Waals surface area (Å²) in [7, 11) is 0. The van der Waals surface area contributed by atoms with Crippen LogP contribution >= 0.6 is 0 Å². The van der Waals surface area contributed by atoms with Gasteiger partial charge in [0.25, 0.3) is 5.91 Å². The predicted octanol–water partition coefficient (Wildman–Crippen LogP) is 5.80. The zero-order valence-electron chi connectivity index (χ0n) is 17.4. The zero-order valence-corrected chi connectivity index (χ0v) is 17.4. The molecule has 0 radical (unpaired) electrons. The van der Waals surface area contributed by atoms with Crippen LogP contribution in [0.15, 0.2) is 91.1 Å². The second-order valence-electron chi connectivity index (χ2n) is 8.14. The van der Waals surface area contributed by atoms with Crippen LogP contribution in [0.1, 0.15) is 34.5 Å². The van der Waals surface area contributed by atoms with Crippen LogP contribution in [0.5, 0.6) is 0 Å². The first kappa shape index (κ1) is 19.9. The van der Waals surface area contributed by atoms with Crippen LogP contribution in [-0.4, -0.2) is 10.9 Å². The minimum atomic E-state index is -0.294. The van der Waals surface area contributed by atoms with E-state index in [2.05, 4.69) is 16.4 Å². The molecule has 158 valence electrons. The average Bonchev–Trinajstić information content (AvgIpc) is 3.64. The molecule has 1 heterocycles. The highest BCUT2D eigenvalue weighted by Crippen LogP contribution is 2.52. The van der Waals surface area contributed by atoms with E-state index < -0.39 is 0 Å².